The topological polar surface area (TPSA) is 97.2 Å². The molecular weight excluding hydrogens is 375 g/mol. The molecule has 0 spiro atoms. The van der Waals surface area contributed by atoms with Gasteiger partial charge < -0.3 is 15.2 Å². The lowest BCUT2D eigenvalue weighted by molar-refractivity contribution is 0.0697. The number of carboxylic acids is 1. The van der Waals surface area contributed by atoms with Gasteiger partial charge >= 0.3 is 5.97 Å². The molecule has 138 valence electrons. The Kier molecular flexibility index (Phi) is 5.18. The first-order valence-corrected chi connectivity index (χ1v) is 8.14. The number of halogens is 2. The molecule has 1 aliphatic rings. The molecule has 3 heterocycles. The number of aromatic carboxylic acids is 1. The average Bonchev–Trinajstić information content (AvgIpc) is 3.08. The first-order chi connectivity index (χ1) is 12.9. The van der Waals surface area contributed by atoms with Gasteiger partial charge in [0.25, 0.3) is 0 Å². The molecule has 0 unspecified atom stereocenters. The predicted octanol–water partition coefficient (Wildman–Crippen LogP) is 3.87. The van der Waals surface area contributed by atoms with E-state index < -0.39 is 11.8 Å². The summed E-state index contributed by atoms with van der Waals surface area (Å²) in [5.74, 6) is -1.33. The van der Waals surface area contributed by atoms with Gasteiger partial charge in [-0.15, -0.1) is 0 Å². The van der Waals surface area contributed by atoms with E-state index in [1.165, 1.54) is 24.5 Å². The normalized spacial score (nSPS) is 12.9. The summed E-state index contributed by atoms with van der Waals surface area (Å²) in [4.78, 5) is 23.8. The first kappa shape index (κ1) is 18.5. The van der Waals surface area contributed by atoms with Gasteiger partial charge in [-0.1, -0.05) is 24.8 Å². The molecule has 0 saturated heterocycles. The second kappa shape index (κ2) is 7.55. The van der Waals surface area contributed by atoms with Crippen LogP contribution in [0.15, 0.2) is 48.6 Å². The van der Waals surface area contributed by atoms with Gasteiger partial charge in [-0.2, -0.15) is 0 Å². The highest BCUT2D eigenvalue weighted by Crippen LogP contribution is 2.36. The number of hydrogen-bond donors (Lipinski definition) is 2. The van der Waals surface area contributed by atoms with Crippen molar-refractivity contribution in [3.05, 3.63) is 65.6 Å². The van der Waals surface area contributed by atoms with E-state index in [2.05, 4.69) is 33.4 Å². The molecule has 2 aromatic heterocycles. The number of rotatable bonds is 6. The molecule has 0 aromatic carbocycles. The molecule has 0 bridgehead atoms. The summed E-state index contributed by atoms with van der Waals surface area (Å²) >= 11 is 5.76. The lowest BCUT2D eigenvalue weighted by Crippen LogP contribution is -2.07. The molecule has 2 aromatic rings. The van der Waals surface area contributed by atoms with E-state index in [1.54, 1.807) is 0 Å². The van der Waals surface area contributed by atoms with Gasteiger partial charge in [-0.3, -0.25) is 4.98 Å². The molecule has 0 amide bonds. The van der Waals surface area contributed by atoms with Crippen molar-refractivity contribution in [3.8, 4) is 5.75 Å². The Hall–Kier alpha value is -3.26. The minimum absolute atomic E-state index is 0.0269. The Balaban J connectivity index is 2.12. The number of anilines is 2. The maximum absolute atomic E-state index is 13.9. The molecule has 0 atom stereocenters. The molecule has 0 fully saturated rings. The van der Waals surface area contributed by atoms with Crippen LogP contribution >= 0.6 is 11.6 Å². The number of aromatic nitrogens is 3. The number of ether oxygens (including phenoxy) is 1. The third-order valence-electron chi connectivity index (χ3n) is 3.66. The van der Waals surface area contributed by atoms with Gasteiger partial charge in [0, 0.05) is 23.8 Å². The maximum atomic E-state index is 13.9. The van der Waals surface area contributed by atoms with E-state index in [9.17, 15) is 14.3 Å². The standard InChI is InChI=1S/C18H14ClFN4O3/c1-9(19)7-11(10(2)20)16-23-14-4-6-27-15(14)17(24-16)22-13-3-5-21-8-12(13)18(25)26/h3,5,7-8H,1-2,4,6H2,(H,25,26)(H,21,22,23,24)/b11-7+. The van der Waals surface area contributed by atoms with E-state index in [4.69, 9.17) is 16.3 Å². The number of pyridine rings is 1. The van der Waals surface area contributed by atoms with Crippen molar-refractivity contribution < 1.29 is 19.0 Å². The minimum Gasteiger partial charge on any atom is -0.487 e. The Labute approximate surface area is 158 Å². The average molecular weight is 389 g/mol. The zero-order chi connectivity index (χ0) is 19.6. The van der Waals surface area contributed by atoms with Crippen LogP contribution in [-0.2, 0) is 6.42 Å². The molecule has 2 N–H and O–H groups in total. The van der Waals surface area contributed by atoms with Gasteiger partial charge in [0.2, 0.25) is 0 Å². The van der Waals surface area contributed by atoms with E-state index in [-0.39, 0.29) is 33.5 Å². The highest BCUT2D eigenvalue weighted by molar-refractivity contribution is 6.31. The predicted molar refractivity (Wildman–Crippen MR) is 98.9 cm³/mol. The van der Waals surface area contributed by atoms with Crippen molar-refractivity contribution in [3.63, 3.8) is 0 Å². The van der Waals surface area contributed by atoms with Crippen molar-refractivity contribution in [2.24, 2.45) is 0 Å². The fourth-order valence-corrected chi connectivity index (χ4v) is 2.60. The Morgan fingerprint density at radius 2 is 2.19 bits per heavy atom. The molecule has 7 nitrogen and oxygen atoms in total. The van der Waals surface area contributed by atoms with Crippen LogP contribution in [0.3, 0.4) is 0 Å². The van der Waals surface area contributed by atoms with Crippen LogP contribution in [0.1, 0.15) is 21.9 Å². The number of hydrogen-bond acceptors (Lipinski definition) is 6. The minimum atomic E-state index is -1.16. The number of carboxylic acid groups (broad SMARTS) is 1. The van der Waals surface area contributed by atoms with Crippen LogP contribution < -0.4 is 10.1 Å². The zero-order valence-electron chi connectivity index (χ0n) is 14.0. The van der Waals surface area contributed by atoms with Crippen LogP contribution in [-0.4, -0.2) is 32.6 Å². The number of nitrogens with one attached hydrogen (secondary N) is 1. The van der Waals surface area contributed by atoms with Gasteiger partial charge in [-0.05, 0) is 12.1 Å². The smallest absolute Gasteiger partial charge is 0.339 e. The summed E-state index contributed by atoms with van der Waals surface area (Å²) in [7, 11) is 0. The van der Waals surface area contributed by atoms with Crippen LogP contribution in [0.5, 0.6) is 5.75 Å². The fourth-order valence-electron chi connectivity index (χ4n) is 2.50. The summed E-state index contributed by atoms with van der Waals surface area (Å²) in [6.07, 6.45) is 4.40. The lowest BCUT2D eigenvalue weighted by Gasteiger charge is -2.13. The van der Waals surface area contributed by atoms with Gasteiger partial charge in [0.05, 0.1) is 23.6 Å². The number of nitrogens with zero attached hydrogens (tertiary/aromatic N) is 3. The monoisotopic (exact) mass is 388 g/mol. The Bertz CT molecular complexity index is 991. The second-order valence-electron chi connectivity index (χ2n) is 5.53. The van der Waals surface area contributed by atoms with Crippen LogP contribution in [0.25, 0.3) is 5.57 Å². The molecular formula is C18H14ClFN4O3. The Morgan fingerprint density at radius 1 is 1.41 bits per heavy atom. The third kappa shape index (κ3) is 3.95. The molecule has 0 radical (unpaired) electrons. The van der Waals surface area contributed by atoms with Crippen molar-refractivity contribution in [2.45, 2.75) is 6.42 Å². The number of fused-ring (bicyclic) bond motifs is 1. The summed E-state index contributed by atoms with van der Waals surface area (Å²) < 4.78 is 19.5. The fraction of sp³-hybridized carbons (Fsp3) is 0.111. The van der Waals surface area contributed by atoms with E-state index >= 15 is 0 Å². The van der Waals surface area contributed by atoms with Crippen molar-refractivity contribution in [1.82, 2.24) is 15.0 Å². The van der Waals surface area contributed by atoms with Crippen molar-refractivity contribution in [2.75, 3.05) is 11.9 Å². The Morgan fingerprint density at radius 3 is 2.85 bits per heavy atom. The molecule has 0 saturated carbocycles. The number of carbonyl (C=O) groups is 1. The van der Waals surface area contributed by atoms with E-state index in [0.29, 0.717) is 24.5 Å². The number of allylic oxidation sites excluding steroid dienone is 4. The lowest BCUT2D eigenvalue weighted by atomic mass is 10.2. The summed E-state index contributed by atoms with van der Waals surface area (Å²) in [6.45, 7) is 7.16. The zero-order valence-corrected chi connectivity index (χ0v) is 14.8. The third-order valence-corrected chi connectivity index (χ3v) is 3.77. The van der Waals surface area contributed by atoms with Crippen LogP contribution in [0.4, 0.5) is 15.9 Å². The van der Waals surface area contributed by atoms with Crippen molar-refractivity contribution >= 4 is 34.6 Å². The molecule has 3 rings (SSSR count). The quantitative estimate of drug-likeness (QED) is 0.725. The highest BCUT2D eigenvalue weighted by Gasteiger charge is 2.24. The van der Waals surface area contributed by atoms with Crippen molar-refractivity contribution in [1.29, 1.82) is 0 Å². The summed E-state index contributed by atoms with van der Waals surface area (Å²) in [6, 6.07) is 1.48. The molecule has 0 aliphatic carbocycles. The second-order valence-corrected chi connectivity index (χ2v) is 6.02. The van der Waals surface area contributed by atoms with Crippen LogP contribution in [0, 0.1) is 0 Å². The first-order valence-electron chi connectivity index (χ1n) is 7.76. The molecule has 27 heavy (non-hydrogen) atoms. The largest absolute Gasteiger partial charge is 0.487 e. The summed E-state index contributed by atoms with van der Waals surface area (Å²) in [5, 5.41) is 12.3. The van der Waals surface area contributed by atoms with E-state index in [1.807, 2.05) is 0 Å². The molecule has 1 aliphatic heterocycles. The SMILES string of the molecule is C=C(Cl)/C=C(\C(=C)F)c1nc2c(c(Nc3ccncc3C(=O)O)n1)OCC2. The molecule has 9 heteroatoms. The van der Waals surface area contributed by atoms with Gasteiger partial charge in [0.1, 0.15) is 11.4 Å². The van der Waals surface area contributed by atoms with Gasteiger partial charge in [0.15, 0.2) is 17.4 Å². The van der Waals surface area contributed by atoms with Crippen LogP contribution in [0.2, 0.25) is 0 Å². The summed E-state index contributed by atoms with van der Waals surface area (Å²) in [5.41, 5.74) is 0.733. The van der Waals surface area contributed by atoms with Gasteiger partial charge in [-0.25, -0.2) is 19.2 Å². The highest BCUT2D eigenvalue weighted by atomic mass is 35.5. The van der Waals surface area contributed by atoms with E-state index in [0.717, 1.165) is 0 Å². The maximum Gasteiger partial charge on any atom is 0.339 e.